The highest BCUT2D eigenvalue weighted by molar-refractivity contribution is 14.1. The van der Waals surface area contributed by atoms with E-state index in [2.05, 4.69) is 33.4 Å². The van der Waals surface area contributed by atoms with Gasteiger partial charge in [0.15, 0.2) is 11.6 Å². The second-order valence-electron chi connectivity index (χ2n) is 6.17. The fourth-order valence-electron chi connectivity index (χ4n) is 2.51. The van der Waals surface area contributed by atoms with E-state index in [1.807, 2.05) is 0 Å². The Morgan fingerprint density at radius 3 is 2.59 bits per heavy atom. The van der Waals surface area contributed by atoms with Gasteiger partial charge in [0.2, 0.25) is 0 Å². The van der Waals surface area contributed by atoms with Gasteiger partial charge in [0.05, 0.1) is 28.6 Å². The van der Waals surface area contributed by atoms with Crippen molar-refractivity contribution in [3.05, 3.63) is 56.1 Å². The molecule has 1 saturated carbocycles. The van der Waals surface area contributed by atoms with Crippen LogP contribution in [0.25, 0.3) is 0 Å². The summed E-state index contributed by atoms with van der Waals surface area (Å²) in [5.74, 6) is -2.86. The Morgan fingerprint density at radius 1 is 1.26 bits per heavy atom. The normalized spacial score (nSPS) is 14.7. The van der Waals surface area contributed by atoms with Crippen LogP contribution in [-0.4, -0.2) is 23.7 Å². The zero-order valence-corrected chi connectivity index (χ0v) is 16.9. The molecule has 0 bridgehead atoms. The predicted molar refractivity (Wildman–Crippen MR) is 106 cm³/mol. The Bertz CT molecular complexity index is 865. The van der Waals surface area contributed by atoms with Gasteiger partial charge in [-0.25, -0.2) is 14.3 Å². The molecule has 5 nitrogen and oxygen atoms in total. The maximum atomic E-state index is 13.7. The summed E-state index contributed by atoms with van der Waals surface area (Å²) in [6.07, 6.45) is 1.29. The summed E-state index contributed by atoms with van der Waals surface area (Å²) < 4.78 is 28.3. The van der Waals surface area contributed by atoms with E-state index in [1.54, 1.807) is 18.2 Å². The second-order valence-corrected chi connectivity index (χ2v) is 7.82. The summed E-state index contributed by atoms with van der Waals surface area (Å²) in [5.41, 5.74) is 2.52. The monoisotopic (exact) mass is 508 g/mol. The standard InChI is InChI=1S/C18H16ClF2IN2O3/c19-12-5-10(22)3-4-15(12)23-16-7-14(21)13(20)6-11(16)18(26)24-27-17(8-25)9-1-2-9/h3-7,9,17,23,25H,1-2,8H2,(H,24,26). The molecule has 27 heavy (non-hydrogen) atoms. The zero-order valence-electron chi connectivity index (χ0n) is 13.9. The summed E-state index contributed by atoms with van der Waals surface area (Å²) >= 11 is 8.25. The van der Waals surface area contributed by atoms with Crippen LogP contribution in [-0.2, 0) is 4.84 Å². The van der Waals surface area contributed by atoms with Gasteiger partial charge in [-0.2, -0.15) is 0 Å². The van der Waals surface area contributed by atoms with E-state index in [9.17, 15) is 18.7 Å². The van der Waals surface area contributed by atoms with Crippen LogP contribution in [0.1, 0.15) is 23.2 Å². The number of hydrogen-bond donors (Lipinski definition) is 3. The number of carbonyl (C=O) groups is 1. The van der Waals surface area contributed by atoms with Crippen LogP contribution in [0.15, 0.2) is 30.3 Å². The molecule has 1 aliphatic rings. The summed E-state index contributed by atoms with van der Waals surface area (Å²) in [6, 6.07) is 6.79. The number of halogens is 4. The molecule has 0 aromatic heterocycles. The van der Waals surface area contributed by atoms with E-state index in [0.717, 1.165) is 28.5 Å². The van der Waals surface area contributed by atoms with Gasteiger partial charge >= 0.3 is 0 Å². The number of hydrogen-bond acceptors (Lipinski definition) is 4. The number of anilines is 2. The average molecular weight is 509 g/mol. The van der Waals surface area contributed by atoms with Gasteiger partial charge in [-0.05, 0) is 65.6 Å². The highest BCUT2D eigenvalue weighted by Gasteiger charge is 2.32. The zero-order chi connectivity index (χ0) is 19.6. The number of aliphatic hydroxyl groups is 1. The lowest BCUT2D eigenvalue weighted by Gasteiger charge is -2.17. The molecule has 1 unspecified atom stereocenters. The third-order valence-corrected chi connectivity index (χ3v) is 5.12. The molecule has 0 heterocycles. The first-order valence-corrected chi connectivity index (χ1v) is 9.62. The van der Waals surface area contributed by atoms with Crippen molar-refractivity contribution >= 4 is 51.5 Å². The lowest BCUT2D eigenvalue weighted by molar-refractivity contribution is -0.0497. The minimum atomic E-state index is -1.17. The number of benzene rings is 2. The summed E-state index contributed by atoms with van der Waals surface area (Å²) in [4.78, 5) is 17.7. The van der Waals surface area contributed by atoms with Crippen LogP contribution in [0, 0.1) is 21.1 Å². The van der Waals surface area contributed by atoms with Crippen molar-refractivity contribution in [3.63, 3.8) is 0 Å². The van der Waals surface area contributed by atoms with Gasteiger partial charge in [0, 0.05) is 9.64 Å². The molecule has 9 heteroatoms. The summed E-state index contributed by atoms with van der Waals surface area (Å²) in [6.45, 7) is -0.244. The molecule has 2 aromatic rings. The smallest absolute Gasteiger partial charge is 0.277 e. The molecule has 144 valence electrons. The van der Waals surface area contributed by atoms with Crippen LogP contribution >= 0.6 is 34.2 Å². The van der Waals surface area contributed by atoms with E-state index >= 15 is 0 Å². The lowest BCUT2D eigenvalue weighted by atomic mass is 10.1. The molecule has 1 fully saturated rings. The minimum absolute atomic E-state index is 0.0325. The first kappa shape index (κ1) is 20.2. The quantitative estimate of drug-likeness (QED) is 0.383. The highest BCUT2D eigenvalue weighted by atomic mass is 127. The lowest BCUT2D eigenvalue weighted by Crippen LogP contribution is -2.33. The molecular weight excluding hydrogens is 493 g/mol. The van der Waals surface area contributed by atoms with E-state index in [0.29, 0.717) is 10.7 Å². The first-order valence-electron chi connectivity index (χ1n) is 8.17. The SMILES string of the molecule is O=C(NOC(CO)C1CC1)c1cc(F)c(F)cc1Nc1ccc(I)cc1Cl. The number of carbonyl (C=O) groups excluding carboxylic acids is 1. The molecular formula is C18H16ClF2IN2O3. The van der Waals surface area contributed by atoms with Crippen LogP contribution in [0.5, 0.6) is 0 Å². The van der Waals surface area contributed by atoms with Crippen molar-refractivity contribution < 1.29 is 23.5 Å². The van der Waals surface area contributed by atoms with Gasteiger partial charge in [-0.3, -0.25) is 9.63 Å². The number of rotatable bonds is 7. The molecule has 0 aliphatic heterocycles. The minimum Gasteiger partial charge on any atom is -0.394 e. The van der Waals surface area contributed by atoms with Crippen LogP contribution in [0.3, 0.4) is 0 Å². The van der Waals surface area contributed by atoms with Crippen molar-refractivity contribution in [2.24, 2.45) is 5.92 Å². The Balaban J connectivity index is 1.82. The van der Waals surface area contributed by atoms with Crippen molar-refractivity contribution in [1.82, 2.24) is 5.48 Å². The van der Waals surface area contributed by atoms with Crippen LogP contribution < -0.4 is 10.8 Å². The third kappa shape index (κ3) is 5.07. The maximum Gasteiger partial charge on any atom is 0.277 e. The summed E-state index contributed by atoms with van der Waals surface area (Å²) in [7, 11) is 0. The van der Waals surface area contributed by atoms with Crippen LogP contribution in [0.2, 0.25) is 5.02 Å². The highest BCUT2D eigenvalue weighted by Crippen LogP contribution is 2.34. The van der Waals surface area contributed by atoms with E-state index in [-0.39, 0.29) is 23.8 Å². The molecule has 3 N–H and O–H groups in total. The Hall–Kier alpha value is -1.49. The third-order valence-electron chi connectivity index (χ3n) is 4.14. The second kappa shape index (κ2) is 8.68. The van der Waals surface area contributed by atoms with Gasteiger partial charge in [0.25, 0.3) is 5.91 Å². The fraction of sp³-hybridized carbons (Fsp3) is 0.278. The van der Waals surface area contributed by atoms with Gasteiger partial charge < -0.3 is 10.4 Å². The van der Waals surface area contributed by atoms with E-state index in [1.165, 1.54) is 0 Å². The van der Waals surface area contributed by atoms with Gasteiger partial charge in [-0.1, -0.05) is 11.6 Å². The van der Waals surface area contributed by atoms with Gasteiger partial charge in [-0.15, -0.1) is 0 Å². The number of amides is 1. The van der Waals surface area contributed by atoms with Crippen molar-refractivity contribution in [2.75, 3.05) is 11.9 Å². The maximum absolute atomic E-state index is 13.7. The van der Waals surface area contributed by atoms with Crippen LogP contribution in [0.4, 0.5) is 20.2 Å². The van der Waals surface area contributed by atoms with E-state index in [4.69, 9.17) is 16.4 Å². The fourth-order valence-corrected chi connectivity index (χ4v) is 3.41. The summed E-state index contributed by atoms with van der Waals surface area (Å²) in [5, 5.41) is 12.5. The molecule has 1 atom stereocenters. The molecule has 3 rings (SSSR count). The predicted octanol–water partition coefficient (Wildman–Crippen LogP) is 4.40. The van der Waals surface area contributed by atoms with Gasteiger partial charge in [0.1, 0.15) is 6.10 Å². The Labute approximate surface area is 173 Å². The molecule has 0 radical (unpaired) electrons. The first-order chi connectivity index (χ1) is 12.9. The number of hydroxylamine groups is 1. The van der Waals surface area contributed by atoms with E-state index < -0.39 is 23.6 Å². The number of aliphatic hydroxyl groups excluding tert-OH is 1. The Kier molecular flexibility index (Phi) is 6.51. The number of nitrogens with one attached hydrogen (secondary N) is 2. The van der Waals surface area contributed by atoms with Crippen molar-refractivity contribution in [1.29, 1.82) is 0 Å². The molecule has 0 spiro atoms. The molecule has 2 aromatic carbocycles. The molecule has 1 amide bonds. The largest absolute Gasteiger partial charge is 0.394 e. The van der Waals surface area contributed by atoms with Crippen molar-refractivity contribution in [2.45, 2.75) is 18.9 Å². The molecule has 1 aliphatic carbocycles. The average Bonchev–Trinajstić information content (AvgIpc) is 3.45. The van der Waals surface area contributed by atoms with Crippen molar-refractivity contribution in [3.8, 4) is 0 Å². The molecule has 0 saturated heterocycles. The topological polar surface area (TPSA) is 70.6 Å². The Morgan fingerprint density at radius 2 is 1.96 bits per heavy atom.